The molecule has 0 unspecified atom stereocenters. The molecule has 1 heterocycles. The summed E-state index contributed by atoms with van der Waals surface area (Å²) in [4.78, 5) is 20.9. The van der Waals surface area contributed by atoms with Crippen LogP contribution in [0, 0.1) is 0 Å². The van der Waals surface area contributed by atoms with Gasteiger partial charge in [0.2, 0.25) is 5.90 Å². The molecule has 2 atom stereocenters. The van der Waals surface area contributed by atoms with Gasteiger partial charge in [0, 0.05) is 37.0 Å². The minimum atomic E-state index is -1.33. The number of nitrogens with zero attached hydrogens (tertiary/aromatic N) is 4. The van der Waals surface area contributed by atoms with Crippen molar-refractivity contribution in [2.24, 2.45) is 10.1 Å². The van der Waals surface area contributed by atoms with Gasteiger partial charge in [-0.25, -0.2) is 10.4 Å². The molecule has 3 N–H and O–H groups in total. The number of ether oxygens (including phenoxy) is 2. The van der Waals surface area contributed by atoms with Crippen LogP contribution in [0.25, 0.3) is 10.4 Å². The first-order chi connectivity index (χ1) is 16.6. The molecule has 0 aliphatic carbocycles. The summed E-state index contributed by atoms with van der Waals surface area (Å²) in [6.45, 7) is 4.41. The van der Waals surface area contributed by atoms with E-state index in [1.54, 1.807) is 37.4 Å². The Morgan fingerprint density at radius 1 is 1.35 bits per heavy atom. The van der Waals surface area contributed by atoms with Gasteiger partial charge in [-0.15, -0.1) is 6.58 Å². The van der Waals surface area contributed by atoms with E-state index in [9.17, 15) is 4.79 Å². The number of carbonyl (C=O) groups excluding carboxylic acids is 1. The molecule has 0 saturated carbocycles. The number of hydrazine groups is 1. The number of hydrogen-bond donors (Lipinski definition) is 3. The van der Waals surface area contributed by atoms with Crippen LogP contribution >= 0.6 is 0 Å². The number of benzene rings is 2. The molecule has 1 aliphatic heterocycles. The van der Waals surface area contributed by atoms with Crippen LogP contribution < -0.4 is 15.6 Å². The second kappa shape index (κ2) is 11.9. The summed E-state index contributed by atoms with van der Waals surface area (Å²) in [7, 11) is 1.60. The molecule has 10 heteroatoms. The van der Waals surface area contributed by atoms with Crippen LogP contribution in [0.5, 0.6) is 5.75 Å². The molecule has 0 saturated heterocycles. The largest absolute Gasteiger partial charge is 0.494 e. The number of aliphatic imine (C=N–C) groups is 1. The molecule has 0 bridgehead atoms. The van der Waals surface area contributed by atoms with Gasteiger partial charge in [0.15, 0.2) is 11.6 Å². The Kier molecular flexibility index (Phi) is 8.64. The minimum Gasteiger partial charge on any atom is -0.494 e. The number of azide groups is 1. The monoisotopic (exact) mass is 464 g/mol. The number of amides is 1. The molecule has 0 radical (unpaired) electrons. The van der Waals surface area contributed by atoms with E-state index >= 15 is 0 Å². The smallest absolute Gasteiger partial charge is 0.266 e. The fourth-order valence-electron chi connectivity index (χ4n) is 3.78. The van der Waals surface area contributed by atoms with Crippen LogP contribution in [-0.4, -0.2) is 42.7 Å². The highest BCUT2D eigenvalue weighted by Gasteiger charge is 2.53. The predicted octanol–water partition coefficient (Wildman–Crippen LogP) is 3.34. The summed E-state index contributed by atoms with van der Waals surface area (Å²) in [5, 5.41) is 12.6. The van der Waals surface area contributed by atoms with Gasteiger partial charge in [-0.05, 0) is 40.9 Å². The number of rotatable bonds is 12. The average molecular weight is 465 g/mol. The van der Waals surface area contributed by atoms with E-state index in [-0.39, 0.29) is 25.5 Å². The number of hydrogen-bond acceptors (Lipinski definition) is 7. The van der Waals surface area contributed by atoms with Crippen LogP contribution in [0.15, 0.2) is 71.3 Å². The zero-order valence-corrected chi connectivity index (χ0v) is 19.0. The maximum Gasteiger partial charge on any atom is 0.266 e. The zero-order chi connectivity index (χ0) is 24.4. The van der Waals surface area contributed by atoms with Crippen molar-refractivity contribution < 1.29 is 19.4 Å². The quantitative estimate of drug-likeness (QED) is 0.110. The van der Waals surface area contributed by atoms with Gasteiger partial charge < -0.3 is 14.6 Å². The predicted molar refractivity (Wildman–Crippen MR) is 128 cm³/mol. The Bertz CT molecular complexity index is 1080. The Labute approximate surface area is 197 Å². The van der Waals surface area contributed by atoms with Crippen LogP contribution in [0.3, 0.4) is 0 Å². The second-order valence-electron chi connectivity index (χ2n) is 7.57. The Morgan fingerprint density at radius 3 is 2.79 bits per heavy atom. The molecule has 2 aromatic rings. The first kappa shape index (κ1) is 24.8. The number of aliphatic hydroxyl groups excluding tert-OH is 1. The molecule has 34 heavy (non-hydrogen) atoms. The van der Waals surface area contributed by atoms with Crippen molar-refractivity contribution in [3.8, 4) is 5.75 Å². The minimum absolute atomic E-state index is 0.0609. The lowest BCUT2D eigenvalue weighted by atomic mass is 9.83. The fraction of sp³-hybridized carbons (Fsp3) is 0.333. The standard InChI is InChI=1S/C24H28N6O4/c1-3-13-24(23(32)29-26-2)21(20-8-5-4-7-18(20)16-27-30-25)34-22(28-24)17-9-11-19(12-10-17)33-15-6-14-31/h3-5,7-12,21,26,31H,1,6,13-16H2,2H3,(H,29,32)/t21-,24-/m0/s1. The van der Waals surface area contributed by atoms with Crippen molar-refractivity contribution in [2.45, 2.75) is 31.0 Å². The van der Waals surface area contributed by atoms with Crippen LogP contribution in [0.2, 0.25) is 0 Å². The third-order valence-electron chi connectivity index (χ3n) is 5.37. The van der Waals surface area contributed by atoms with E-state index in [1.165, 1.54) is 0 Å². The Morgan fingerprint density at radius 2 is 2.12 bits per heavy atom. The lowest BCUT2D eigenvalue weighted by molar-refractivity contribution is -0.129. The van der Waals surface area contributed by atoms with Gasteiger partial charge in [0.25, 0.3) is 5.91 Å². The van der Waals surface area contributed by atoms with Crippen LogP contribution in [0.4, 0.5) is 0 Å². The summed E-state index contributed by atoms with van der Waals surface area (Å²) in [5.41, 5.74) is 14.9. The highest BCUT2D eigenvalue weighted by Crippen LogP contribution is 2.43. The summed E-state index contributed by atoms with van der Waals surface area (Å²) in [5.74, 6) is 0.577. The first-order valence-electron chi connectivity index (χ1n) is 10.9. The fourth-order valence-corrected chi connectivity index (χ4v) is 3.78. The molecular formula is C24H28N6O4. The van der Waals surface area contributed by atoms with Crippen molar-refractivity contribution >= 4 is 11.8 Å². The van der Waals surface area contributed by atoms with E-state index in [1.807, 2.05) is 24.3 Å². The van der Waals surface area contributed by atoms with E-state index in [0.717, 1.165) is 5.56 Å². The topological polar surface area (TPSA) is 141 Å². The van der Waals surface area contributed by atoms with E-state index in [2.05, 4.69) is 27.5 Å². The van der Waals surface area contributed by atoms with Gasteiger partial charge in [0.1, 0.15) is 5.75 Å². The Balaban J connectivity index is 2.03. The van der Waals surface area contributed by atoms with Gasteiger partial charge >= 0.3 is 0 Å². The normalized spacial score (nSPS) is 18.9. The number of carbonyl (C=O) groups is 1. The van der Waals surface area contributed by atoms with Crippen LogP contribution in [-0.2, 0) is 16.1 Å². The molecule has 0 spiro atoms. The van der Waals surface area contributed by atoms with Crippen molar-refractivity contribution in [2.75, 3.05) is 20.3 Å². The maximum absolute atomic E-state index is 13.3. The van der Waals surface area contributed by atoms with E-state index in [4.69, 9.17) is 25.1 Å². The van der Waals surface area contributed by atoms with Crippen molar-refractivity contribution in [1.29, 1.82) is 0 Å². The van der Waals surface area contributed by atoms with E-state index < -0.39 is 11.6 Å². The summed E-state index contributed by atoms with van der Waals surface area (Å²) < 4.78 is 11.9. The molecule has 0 aromatic heterocycles. The molecule has 3 rings (SSSR count). The number of nitrogens with one attached hydrogen (secondary N) is 2. The molecule has 0 fully saturated rings. The van der Waals surface area contributed by atoms with Gasteiger partial charge in [-0.1, -0.05) is 35.5 Å². The molecule has 2 aromatic carbocycles. The summed E-state index contributed by atoms with van der Waals surface area (Å²) >= 11 is 0. The van der Waals surface area contributed by atoms with Crippen molar-refractivity contribution in [3.05, 3.63) is 88.3 Å². The van der Waals surface area contributed by atoms with Gasteiger partial charge in [0.05, 0.1) is 13.2 Å². The van der Waals surface area contributed by atoms with Crippen LogP contribution in [0.1, 0.15) is 35.6 Å². The second-order valence-corrected chi connectivity index (χ2v) is 7.57. The molecule has 178 valence electrons. The molecule has 10 nitrogen and oxygen atoms in total. The third-order valence-corrected chi connectivity index (χ3v) is 5.37. The maximum atomic E-state index is 13.3. The molecular weight excluding hydrogens is 436 g/mol. The van der Waals surface area contributed by atoms with E-state index in [0.29, 0.717) is 35.8 Å². The first-order valence-corrected chi connectivity index (χ1v) is 10.9. The molecule has 1 aliphatic rings. The third kappa shape index (κ3) is 5.37. The lowest BCUT2D eigenvalue weighted by Crippen LogP contribution is -2.51. The Hall–Kier alpha value is -3.85. The SMILES string of the molecule is C=CC[C@]1(C(=O)NNC)N=C(c2ccc(OCCCO)cc2)O[C@H]1c1ccccc1CN=[N+]=[N-]. The van der Waals surface area contributed by atoms with Crippen molar-refractivity contribution in [1.82, 2.24) is 10.9 Å². The average Bonchev–Trinajstić information content (AvgIpc) is 3.24. The number of aliphatic hydroxyl groups is 1. The van der Waals surface area contributed by atoms with Gasteiger partial charge in [-0.2, -0.15) is 0 Å². The lowest BCUT2D eigenvalue weighted by Gasteiger charge is -2.30. The van der Waals surface area contributed by atoms with Crippen molar-refractivity contribution in [3.63, 3.8) is 0 Å². The van der Waals surface area contributed by atoms with Gasteiger partial charge in [-0.3, -0.25) is 10.2 Å². The highest BCUT2D eigenvalue weighted by atomic mass is 16.5. The highest BCUT2D eigenvalue weighted by molar-refractivity contribution is 6.01. The molecule has 1 amide bonds. The summed E-state index contributed by atoms with van der Waals surface area (Å²) in [6.07, 6.45) is 1.61. The zero-order valence-electron chi connectivity index (χ0n) is 19.0. The summed E-state index contributed by atoms with van der Waals surface area (Å²) in [6, 6.07) is 14.5.